The van der Waals surface area contributed by atoms with E-state index in [0.717, 1.165) is 12.8 Å². The van der Waals surface area contributed by atoms with Gasteiger partial charge in [0.2, 0.25) is 0 Å². The van der Waals surface area contributed by atoms with Crippen LogP contribution in [-0.2, 0) is 5.54 Å². The van der Waals surface area contributed by atoms with E-state index in [0.29, 0.717) is 0 Å². The lowest BCUT2D eigenvalue weighted by atomic mass is 9.88. The lowest BCUT2D eigenvalue weighted by Crippen LogP contribution is -2.32. The first kappa shape index (κ1) is 10.3. The van der Waals surface area contributed by atoms with E-state index in [1.54, 1.807) is 0 Å². The van der Waals surface area contributed by atoms with E-state index < -0.39 is 0 Å². The third-order valence-electron chi connectivity index (χ3n) is 2.45. The molecule has 0 radical (unpaired) electrons. The van der Waals surface area contributed by atoms with Crippen LogP contribution in [0.3, 0.4) is 0 Å². The van der Waals surface area contributed by atoms with Crippen LogP contribution in [0.25, 0.3) is 0 Å². The molecule has 1 atom stereocenters. The number of aryl methyl sites for hydroxylation is 1. The Labute approximate surface area is 81.0 Å². The highest BCUT2D eigenvalue weighted by molar-refractivity contribution is 5.27. The van der Waals surface area contributed by atoms with Gasteiger partial charge in [0.15, 0.2) is 0 Å². The van der Waals surface area contributed by atoms with Crippen LogP contribution < -0.4 is 5.73 Å². The summed E-state index contributed by atoms with van der Waals surface area (Å²) in [6.07, 6.45) is 2.16. The Kier molecular flexibility index (Phi) is 3.10. The highest BCUT2D eigenvalue weighted by Gasteiger charge is 2.19. The van der Waals surface area contributed by atoms with E-state index in [2.05, 4.69) is 45.0 Å². The maximum Gasteiger partial charge on any atom is 0.0381 e. The fourth-order valence-corrected chi connectivity index (χ4v) is 1.66. The van der Waals surface area contributed by atoms with Crippen molar-refractivity contribution in [3.63, 3.8) is 0 Å². The quantitative estimate of drug-likeness (QED) is 0.754. The van der Waals surface area contributed by atoms with E-state index in [-0.39, 0.29) is 5.54 Å². The lowest BCUT2D eigenvalue weighted by Gasteiger charge is -2.24. The van der Waals surface area contributed by atoms with Gasteiger partial charge in [-0.1, -0.05) is 43.2 Å². The minimum atomic E-state index is -0.166. The molecule has 1 rings (SSSR count). The SMILES string of the molecule is CCCC(C)(N)c1cccc(C)c1. The minimum Gasteiger partial charge on any atom is -0.322 e. The summed E-state index contributed by atoms with van der Waals surface area (Å²) in [6, 6.07) is 8.47. The van der Waals surface area contributed by atoms with Crippen LogP contribution in [0.5, 0.6) is 0 Å². The van der Waals surface area contributed by atoms with Gasteiger partial charge in [-0.25, -0.2) is 0 Å². The maximum absolute atomic E-state index is 6.22. The Hall–Kier alpha value is -0.820. The Balaban J connectivity index is 2.93. The van der Waals surface area contributed by atoms with Crippen molar-refractivity contribution in [3.05, 3.63) is 35.4 Å². The van der Waals surface area contributed by atoms with Crippen LogP contribution in [0, 0.1) is 6.92 Å². The van der Waals surface area contributed by atoms with Crippen molar-refractivity contribution in [1.29, 1.82) is 0 Å². The van der Waals surface area contributed by atoms with E-state index in [1.807, 2.05) is 0 Å². The number of hydrogen-bond acceptors (Lipinski definition) is 1. The van der Waals surface area contributed by atoms with Crippen molar-refractivity contribution in [2.24, 2.45) is 5.73 Å². The molecule has 0 heterocycles. The zero-order valence-electron chi connectivity index (χ0n) is 8.80. The molecular formula is C12H19N. The average molecular weight is 177 g/mol. The van der Waals surface area contributed by atoms with E-state index in [9.17, 15) is 0 Å². The summed E-state index contributed by atoms with van der Waals surface area (Å²) >= 11 is 0. The summed E-state index contributed by atoms with van der Waals surface area (Å²) in [7, 11) is 0. The van der Waals surface area contributed by atoms with E-state index in [4.69, 9.17) is 5.73 Å². The molecule has 1 heteroatoms. The fraction of sp³-hybridized carbons (Fsp3) is 0.500. The first-order valence-corrected chi connectivity index (χ1v) is 4.92. The van der Waals surface area contributed by atoms with Crippen molar-refractivity contribution >= 4 is 0 Å². The van der Waals surface area contributed by atoms with Gasteiger partial charge in [0, 0.05) is 5.54 Å². The second-order valence-electron chi connectivity index (χ2n) is 4.04. The highest BCUT2D eigenvalue weighted by Crippen LogP contribution is 2.23. The summed E-state index contributed by atoms with van der Waals surface area (Å²) in [5.74, 6) is 0. The van der Waals surface area contributed by atoms with Crippen LogP contribution in [0.4, 0.5) is 0 Å². The molecule has 0 amide bonds. The summed E-state index contributed by atoms with van der Waals surface area (Å²) in [5, 5.41) is 0. The van der Waals surface area contributed by atoms with Gasteiger partial charge in [-0.15, -0.1) is 0 Å². The molecule has 0 bridgehead atoms. The summed E-state index contributed by atoms with van der Waals surface area (Å²) < 4.78 is 0. The first-order chi connectivity index (χ1) is 6.06. The summed E-state index contributed by atoms with van der Waals surface area (Å²) in [5.41, 5.74) is 8.58. The van der Waals surface area contributed by atoms with Gasteiger partial charge in [0.05, 0.1) is 0 Å². The van der Waals surface area contributed by atoms with Gasteiger partial charge < -0.3 is 5.73 Å². The summed E-state index contributed by atoms with van der Waals surface area (Å²) in [4.78, 5) is 0. The molecule has 1 aromatic rings. The van der Waals surface area contributed by atoms with Gasteiger partial charge in [-0.3, -0.25) is 0 Å². The molecule has 0 aliphatic rings. The molecule has 0 spiro atoms. The van der Waals surface area contributed by atoms with Crippen LogP contribution in [0.2, 0.25) is 0 Å². The maximum atomic E-state index is 6.22. The second kappa shape index (κ2) is 3.93. The Morgan fingerprint density at radius 2 is 2.08 bits per heavy atom. The topological polar surface area (TPSA) is 26.0 Å². The number of rotatable bonds is 3. The molecule has 0 saturated heterocycles. The number of nitrogens with two attached hydrogens (primary N) is 1. The largest absolute Gasteiger partial charge is 0.322 e. The lowest BCUT2D eigenvalue weighted by molar-refractivity contribution is 0.446. The minimum absolute atomic E-state index is 0.166. The van der Waals surface area contributed by atoms with Gasteiger partial charge >= 0.3 is 0 Å². The van der Waals surface area contributed by atoms with E-state index >= 15 is 0 Å². The Bertz CT molecular complexity index is 276. The highest BCUT2D eigenvalue weighted by atomic mass is 14.7. The monoisotopic (exact) mass is 177 g/mol. The normalized spacial score (nSPS) is 15.4. The predicted octanol–water partition coefficient (Wildman–Crippen LogP) is 2.97. The van der Waals surface area contributed by atoms with Gasteiger partial charge in [-0.05, 0) is 25.8 Å². The van der Waals surface area contributed by atoms with Crippen LogP contribution >= 0.6 is 0 Å². The van der Waals surface area contributed by atoms with Crippen molar-refractivity contribution in [1.82, 2.24) is 0 Å². The molecule has 2 N–H and O–H groups in total. The number of benzene rings is 1. The molecule has 0 aliphatic carbocycles. The average Bonchev–Trinajstić information content (AvgIpc) is 2.04. The molecule has 1 nitrogen and oxygen atoms in total. The zero-order valence-corrected chi connectivity index (χ0v) is 8.80. The molecule has 1 aromatic carbocycles. The smallest absolute Gasteiger partial charge is 0.0381 e. The molecule has 0 fully saturated rings. The second-order valence-corrected chi connectivity index (χ2v) is 4.04. The molecule has 0 aliphatic heterocycles. The fourth-order valence-electron chi connectivity index (χ4n) is 1.66. The Morgan fingerprint density at radius 1 is 1.38 bits per heavy atom. The van der Waals surface area contributed by atoms with Crippen molar-refractivity contribution in [2.45, 2.75) is 39.2 Å². The van der Waals surface area contributed by atoms with Crippen molar-refractivity contribution in [2.75, 3.05) is 0 Å². The molecule has 1 unspecified atom stereocenters. The summed E-state index contributed by atoms with van der Waals surface area (Å²) in [6.45, 7) is 6.37. The third kappa shape index (κ3) is 2.56. The molecule has 13 heavy (non-hydrogen) atoms. The van der Waals surface area contributed by atoms with Gasteiger partial charge in [-0.2, -0.15) is 0 Å². The van der Waals surface area contributed by atoms with Crippen molar-refractivity contribution in [3.8, 4) is 0 Å². The molecule has 0 saturated carbocycles. The van der Waals surface area contributed by atoms with Crippen LogP contribution in [0.1, 0.15) is 37.8 Å². The van der Waals surface area contributed by atoms with Gasteiger partial charge in [0.1, 0.15) is 0 Å². The van der Waals surface area contributed by atoms with E-state index in [1.165, 1.54) is 11.1 Å². The van der Waals surface area contributed by atoms with Crippen molar-refractivity contribution < 1.29 is 0 Å². The molecule has 0 aromatic heterocycles. The number of hydrogen-bond donors (Lipinski definition) is 1. The zero-order chi connectivity index (χ0) is 9.90. The van der Waals surface area contributed by atoms with Crippen LogP contribution in [0.15, 0.2) is 24.3 Å². The molecule has 72 valence electrons. The third-order valence-corrected chi connectivity index (χ3v) is 2.45. The first-order valence-electron chi connectivity index (χ1n) is 4.92. The Morgan fingerprint density at radius 3 is 2.62 bits per heavy atom. The van der Waals surface area contributed by atoms with Gasteiger partial charge in [0.25, 0.3) is 0 Å². The van der Waals surface area contributed by atoms with Crippen LogP contribution in [-0.4, -0.2) is 0 Å². The predicted molar refractivity (Wildman–Crippen MR) is 57.6 cm³/mol. The molecular weight excluding hydrogens is 158 g/mol. The standard InChI is InChI=1S/C12H19N/c1-4-8-12(3,13)11-7-5-6-10(2)9-11/h5-7,9H,4,8,13H2,1-3H3.